The molecule has 2 heterocycles. The number of tetrazole rings is 1. The van der Waals surface area contributed by atoms with Crippen LogP contribution in [0.15, 0.2) is 58.2 Å². The van der Waals surface area contributed by atoms with Crippen LogP contribution in [0, 0.1) is 0 Å². The number of hydrogen-bond donors (Lipinski definition) is 0. The molecular weight excluding hydrogens is 395 g/mol. The van der Waals surface area contributed by atoms with Crippen LogP contribution in [0.25, 0.3) is 17.1 Å². The number of nitrogens with zero attached hydrogens (tertiary/aromatic N) is 6. The molecular formula is C16H10Cl2N6OS. The third-order valence-electron chi connectivity index (χ3n) is 3.39. The van der Waals surface area contributed by atoms with Crippen molar-refractivity contribution in [3.05, 3.63) is 64.5 Å². The molecule has 4 rings (SSSR count). The quantitative estimate of drug-likeness (QED) is 0.458. The van der Waals surface area contributed by atoms with Crippen LogP contribution in [0.1, 0.15) is 5.89 Å². The van der Waals surface area contributed by atoms with Gasteiger partial charge in [0, 0.05) is 15.6 Å². The second-order valence-corrected chi connectivity index (χ2v) is 6.98. The Hall–Kier alpha value is -2.42. The molecule has 0 aliphatic heterocycles. The van der Waals surface area contributed by atoms with Gasteiger partial charge in [0.15, 0.2) is 0 Å². The van der Waals surface area contributed by atoms with E-state index < -0.39 is 0 Å². The van der Waals surface area contributed by atoms with E-state index in [1.807, 2.05) is 24.3 Å². The molecule has 0 aliphatic rings. The third-order valence-corrected chi connectivity index (χ3v) is 4.78. The zero-order valence-electron chi connectivity index (χ0n) is 13.1. The molecule has 4 aromatic rings. The topological polar surface area (TPSA) is 82.5 Å². The van der Waals surface area contributed by atoms with Gasteiger partial charge >= 0.3 is 0 Å². The van der Waals surface area contributed by atoms with Crippen LogP contribution >= 0.6 is 35.0 Å². The van der Waals surface area contributed by atoms with Crippen molar-refractivity contribution in [3.63, 3.8) is 0 Å². The largest absolute Gasteiger partial charge is 0.338 e. The van der Waals surface area contributed by atoms with E-state index in [0.29, 0.717) is 32.7 Å². The lowest BCUT2D eigenvalue weighted by molar-refractivity contribution is 0.391. The fraction of sp³-hybridized carbons (Fsp3) is 0.0625. The Kier molecular flexibility index (Phi) is 4.87. The van der Waals surface area contributed by atoms with E-state index in [1.54, 1.807) is 28.9 Å². The van der Waals surface area contributed by atoms with Gasteiger partial charge in [-0.2, -0.15) is 9.67 Å². The van der Waals surface area contributed by atoms with Crippen LogP contribution in [-0.2, 0) is 5.75 Å². The van der Waals surface area contributed by atoms with E-state index >= 15 is 0 Å². The number of aromatic nitrogens is 6. The summed E-state index contributed by atoms with van der Waals surface area (Å²) in [4.78, 5) is 4.39. The van der Waals surface area contributed by atoms with Crippen molar-refractivity contribution in [3.8, 4) is 17.1 Å². The first-order valence-corrected chi connectivity index (χ1v) is 9.19. The normalized spacial score (nSPS) is 11.0. The summed E-state index contributed by atoms with van der Waals surface area (Å²) in [5.74, 6) is 1.41. The lowest BCUT2D eigenvalue weighted by Crippen LogP contribution is -1.99. The smallest absolute Gasteiger partial charge is 0.237 e. The van der Waals surface area contributed by atoms with Gasteiger partial charge in [-0.15, -0.1) is 5.10 Å². The summed E-state index contributed by atoms with van der Waals surface area (Å²) in [5, 5.41) is 17.6. The SMILES string of the molecule is Clc1ccc(-c2noc(CSc3nnnn3-c3cccc(Cl)c3)n2)cc1. The number of halogens is 2. The molecule has 0 aliphatic carbocycles. The second-order valence-electron chi connectivity index (χ2n) is 5.16. The fourth-order valence-electron chi connectivity index (χ4n) is 2.19. The Bertz CT molecular complexity index is 1030. The Morgan fingerprint density at radius 2 is 1.88 bits per heavy atom. The lowest BCUT2D eigenvalue weighted by atomic mass is 10.2. The van der Waals surface area contributed by atoms with Gasteiger partial charge in [0.25, 0.3) is 0 Å². The van der Waals surface area contributed by atoms with Gasteiger partial charge < -0.3 is 4.52 Å². The molecule has 2 aromatic heterocycles. The van der Waals surface area contributed by atoms with Crippen molar-refractivity contribution < 1.29 is 4.52 Å². The van der Waals surface area contributed by atoms with Crippen molar-refractivity contribution in [1.82, 2.24) is 30.3 Å². The lowest BCUT2D eigenvalue weighted by Gasteiger charge is -2.03. The minimum absolute atomic E-state index is 0.432. The van der Waals surface area contributed by atoms with Gasteiger partial charge in [-0.25, -0.2) is 0 Å². The molecule has 2 aromatic carbocycles. The third kappa shape index (κ3) is 3.72. The summed E-state index contributed by atoms with van der Waals surface area (Å²) in [7, 11) is 0. The molecule has 0 saturated heterocycles. The molecule has 10 heteroatoms. The van der Waals surface area contributed by atoms with E-state index in [4.69, 9.17) is 27.7 Å². The summed E-state index contributed by atoms with van der Waals surface area (Å²) in [6.07, 6.45) is 0. The van der Waals surface area contributed by atoms with Crippen LogP contribution in [0.4, 0.5) is 0 Å². The van der Waals surface area contributed by atoms with E-state index in [2.05, 4.69) is 25.7 Å². The molecule has 0 radical (unpaired) electrons. The highest BCUT2D eigenvalue weighted by molar-refractivity contribution is 7.98. The monoisotopic (exact) mass is 404 g/mol. The molecule has 7 nitrogen and oxygen atoms in total. The standard InChI is InChI=1S/C16H10Cl2N6OS/c17-11-6-4-10(5-7-11)15-19-14(25-21-15)9-26-16-20-22-23-24(16)13-3-1-2-12(18)8-13/h1-8H,9H2. The molecule has 0 N–H and O–H groups in total. The van der Waals surface area contributed by atoms with Crippen LogP contribution in [-0.4, -0.2) is 30.3 Å². The maximum Gasteiger partial charge on any atom is 0.237 e. The van der Waals surface area contributed by atoms with Gasteiger partial charge in [0.05, 0.1) is 11.4 Å². The molecule has 0 spiro atoms. The van der Waals surface area contributed by atoms with Crippen LogP contribution in [0.2, 0.25) is 10.0 Å². The molecule has 0 unspecified atom stereocenters. The van der Waals surface area contributed by atoms with E-state index in [1.165, 1.54) is 11.8 Å². The van der Waals surface area contributed by atoms with Gasteiger partial charge in [0.1, 0.15) is 0 Å². The molecule has 130 valence electrons. The van der Waals surface area contributed by atoms with E-state index in [0.717, 1.165) is 11.3 Å². The Balaban J connectivity index is 1.49. The minimum atomic E-state index is 0.432. The molecule has 0 atom stereocenters. The summed E-state index contributed by atoms with van der Waals surface area (Å²) >= 11 is 13.3. The molecule has 26 heavy (non-hydrogen) atoms. The molecule has 0 bridgehead atoms. The summed E-state index contributed by atoms with van der Waals surface area (Å²) in [5.41, 5.74) is 1.61. The minimum Gasteiger partial charge on any atom is -0.338 e. The average molecular weight is 405 g/mol. The van der Waals surface area contributed by atoms with E-state index in [9.17, 15) is 0 Å². The van der Waals surface area contributed by atoms with E-state index in [-0.39, 0.29) is 0 Å². The summed E-state index contributed by atoms with van der Waals surface area (Å²) in [6, 6.07) is 14.5. The highest BCUT2D eigenvalue weighted by atomic mass is 35.5. The zero-order chi connectivity index (χ0) is 17.9. The van der Waals surface area contributed by atoms with Gasteiger partial charge in [0.2, 0.25) is 16.9 Å². The Morgan fingerprint density at radius 1 is 1.04 bits per heavy atom. The average Bonchev–Trinajstić information content (AvgIpc) is 3.30. The number of rotatable bonds is 5. The maximum atomic E-state index is 6.03. The van der Waals surface area contributed by atoms with Crippen molar-refractivity contribution in [2.75, 3.05) is 0 Å². The van der Waals surface area contributed by atoms with Crippen LogP contribution in [0.5, 0.6) is 0 Å². The first kappa shape index (κ1) is 17.0. The summed E-state index contributed by atoms with van der Waals surface area (Å²) in [6.45, 7) is 0. The van der Waals surface area contributed by atoms with Crippen molar-refractivity contribution in [2.45, 2.75) is 10.9 Å². The van der Waals surface area contributed by atoms with Crippen LogP contribution < -0.4 is 0 Å². The van der Waals surface area contributed by atoms with Gasteiger partial charge in [-0.05, 0) is 52.9 Å². The predicted octanol–water partition coefficient (Wildman–Crippen LogP) is 4.31. The Morgan fingerprint density at radius 3 is 2.69 bits per heavy atom. The van der Waals surface area contributed by atoms with Crippen molar-refractivity contribution >= 4 is 35.0 Å². The molecule has 0 saturated carbocycles. The first-order valence-electron chi connectivity index (χ1n) is 7.45. The number of thioether (sulfide) groups is 1. The Labute approximate surface area is 162 Å². The molecule has 0 amide bonds. The number of hydrogen-bond acceptors (Lipinski definition) is 7. The van der Waals surface area contributed by atoms with Gasteiger partial charge in [-0.1, -0.05) is 46.2 Å². The number of benzene rings is 2. The fourth-order valence-corrected chi connectivity index (χ4v) is 3.23. The van der Waals surface area contributed by atoms with Crippen LogP contribution in [0.3, 0.4) is 0 Å². The first-order chi connectivity index (χ1) is 12.7. The summed E-state index contributed by atoms with van der Waals surface area (Å²) < 4.78 is 6.90. The highest BCUT2D eigenvalue weighted by Gasteiger charge is 2.13. The maximum absolute atomic E-state index is 6.03. The zero-order valence-corrected chi connectivity index (χ0v) is 15.4. The highest BCUT2D eigenvalue weighted by Crippen LogP contribution is 2.25. The predicted molar refractivity (Wildman–Crippen MR) is 98.5 cm³/mol. The molecule has 0 fully saturated rings. The van der Waals surface area contributed by atoms with Crippen molar-refractivity contribution in [1.29, 1.82) is 0 Å². The van der Waals surface area contributed by atoms with Crippen molar-refractivity contribution in [2.24, 2.45) is 0 Å². The second kappa shape index (κ2) is 7.45. The van der Waals surface area contributed by atoms with Gasteiger partial charge in [-0.3, -0.25) is 0 Å².